The van der Waals surface area contributed by atoms with Crippen LogP contribution in [0.2, 0.25) is 0 Å². The third-order valence-electron chi connectivity index (χ3n) is 5.00. The zero-order valence-electron chi connectivity index (χ0n) is 16.0. The van der Waals surface area contributed by atoms with Gasteiger partial charge in [0.25, 0.3) is 0 Å². The van der Waals surface area contributed by atoms with Crippen LogP contribution in [0.25, 0.3) is 0 Å². The molecule has 1 aromatic heterocycles. The summed E-state index contributed by atoms with van der Waals surface area (Å²) in [6.07, 6.45) is 5.10. The van der Waals surface area contributed by atoms with Gasteiger partial charge in [0.2, 0.25) is 5.91 Å². The Morgan fingerprint density at radius 3 is 2.24 bits per heavy atom. The van der Waals surface area contributed by atoms with Crippen molar-refractivity contribution in [3.63, 3.8) is 0 Å². The van der Waals surface area contributed by atoms with Gasteiger partial charge in [-0.1, -0.05) is 30.3 Å². The number of carbonyl (C=O) groups excluding carboxylic acids is 1. The van der Waals surface area contributed by atoms with Gasteiger partial charge in [0.15, 0.2) is 0 Å². The van der Waals surface area contributed by atoms with Gasteiger partial charge < -0.3 is 15.4 Å². The minimum absolute atomic E-state index is 0.352. The number of ether oxygens (including phenoxy) is 1. The molecule has 1 unspecified atom stereocenters. The van der Waals surface area contributed by atoms with E-state index in [0.717, 1.165) is 36.0 Å². The van der Waals surface area contributed by atoms with Crippen molar-refractivity contribution >= 4 is 11.7 Å². The fourth-order valence-corrected chi connectivity index (χ4v) is 3.56. The molecule has 4 rings (SSSR count). The molecule has 0 saturated carbocycles. The van der Waals surface area contributed by atoms with E-state index in [1.54, 1.807) is 18.6 Å². The standard InChI is InChI=1S/C22H23N5O2/c23-22(28)21(27-14-12-26(13-15-27)20-16-24-10-11-25-20)17-6-8-19(9-7-17)29-18-4-2-1-3-5-18/h1-11,16,21H,12-15H2,(H2,23,28). The highest BCUT2D eigenvalue weighted by molar-refractivity contribution is 5.81. The molecule has 7 heteroatoms. The predicted molar refractivity (Wildman–Crippen MR) is 111 cm³/mol. The highest BCUT2D eigenvalue weighted by Crippen LogP contribution is 2.27. The first-order chi connectivity index (χ1) is 14.2. The van der Waals surface area contributed by atoms with Gasteiger partial charge in [0.1, 0.15) is 23.4 Å². The van der Waals surface area contributed by atoms with Crippen molar-refractivity contribution < 1.29 is 9.53 Å². The molecule has 2 N–H and O–H groups in total. The second kappa shape index (κ2) is 8.70. The lowest BCUT2D eigenvalue weighted by Crippen LogP contribution is -2.50. The summed E-state index contributed by atoms with van der Waals surface area (Å²) in [5, 5.41) is 0. The summed E-state index contributed by atoms with van der Waals surface area (Å²) in [5.41, 5.74) is 6.63. The summed E-state index contributed by atoms with van der Waals surface area (Å²) in [6, 6.07) is 16.7. The maximum atomic E-state index is 12.2. The predicted octanol–water partition coefficient (Wildman–Crippen LogP) is 2.62. The van der Waals surface area contributed by atoms with Crippen molar-refractivity contribution in [2.24, 2.45) is 5.73 Å². The zero-order valence-corrected chi connectivity index (χ0v) is 16.0. The topological polar surface area (TPSA) is 84.6 Å². The van der Waals surface area contributed by atoms with E-state index in [4.69, 9.17) is 10.5 Å². The van der Waals surface area contributed by atoms with E-state index < -0.39 is 6.04 Å². The maximum absolute atomic E-state index is 12.2. The number of carbonyl (C=O) groups is 1. The van der Waals surface area contributed by atoms with Crippen LogP contribution in [-0.2, 0) is 4.79 Å². The second-order valence-corrected chi connectivity index (χ2v) is 6.88. The van der Waals surface area contributed by atoms with Crippen LogP contribution in [-0.4, -0.2) is 47.0 Å². The molecule has 2 heterocycles. The van der Waals surface area contributed by atoms with Crippen LogP contribution in [0, 0.1) is 0 Å². The molecule has 0 radical (unpaired) electrons. The SMILES string of the molecule is NC(=O)C(c1ccc(Oc2ccccc2)cc1)N1CCN(c2cnccn2)CC1. The van der Waals surface area contributed by atoms with E-state index in [9.17, 15) is 4.79 Å². The van der Waals surface area contributed by atoms with Crippen LogP contribution in [0.4, 0.5) is 5.82 Å². The van der Waals surface area contributed by atoms with Gasteiger partial charge >= 0.3 is 0 Å². The van der Waals surface area contributed by atoms with E-state index in [2.05, 4.69) is 19.8 Å². The normalized spacial score (nSPS) is 15.7. The molecule has 1 fully saturated rings. The Morgan fingerprint density at radius 2 is 1.62 bits per heavy atom. The number of nitrogens with two attached hydrogens (primary N) is 1. The number of benzene rings is 2. The molecule has 0 spiro atoms. The summed E-state index contributed by atoms with van der Waals surface area (Å²) in [7, 11) is 0. The number of nitrogens with zero attached hydrogens (tertiary/aromatic N) is 4. The first-order valence-corrected chi connectivity index (χ1v) is 9.58. The minimum Gasteiger partial charge on any atom is -0.457 e. The number of rotatable bonds is 6. The lowest BCUT2D eigenvalue weighted by atomic mass is 10.0. The smallest absolute Gasteiger partial charge is 0.239 e. The first kappa shape index (κ1) is 18.9. The van der Waals surface area contributed by atoms with E-state index in [0.29, 0.717) is 13.1 Å². The number of aromatic nitrogens is 2. The van der Waals surface area contributed by atoms with Crippen molar-refractivity contribution in [2.45, 2.75) is 6.04 Å². The van der Waals surface area contributed by atoms with Crippen molar-refractivity contribution in [2.75, 3.05) is 31.1 Å². The summed E-state index contributed by atoms with van der Waals surface area (Å²) >= 11 is 0. The Kier molecular flexibility index (Phi) is 5.67. The molecule has 148 valence electrons. The third kappa shape index (κ3) is 4.52. The van der Waals surface area contributed by atoms with Gasteiger partial charge in [-0.05, 0) is 29.8 Å². The maximum Gasteiger partial charge on any atom is 0.239 e. The Hall–Kier alpha value is -3.45. The minimum atomic E-state index is -0.468. The number of primary amides is 1. The fourth-order valence-electron chi connectivity index (χ4n) is 3.56. The molecule has 1 amide bonds. The average Bonchev–Trinajstić information content (AvgIpc) is 2.77. The lowest BCUT2D eigenvalue weighted by molar-refractivity contribution is -0.123. The molecule has 1 saturated heterocycles. The first-order valence-electron chi connectivity index (χ1n) is 9.58. The van der Waals surface area contributed by atoms with Crippen LogP contribution in [0.3, 0.4) is 0 Å². The highest BCUT2D eigenvalue weighted by Gasteiger charge is 2.29. The van der Waals surface area contributed by atoms with Gasteiger partial charge in [-0.3, -0.25) is 14.7 Å². The van der Waals surface area contributed by atoms with Gasteiger partial charge in [-0.15, -0.1) is 0 Å². The van der Waals surface area contributed by atoms with Crippen LogP contribution >= 0.6 is 0 Å². The zero-order chi connectivity index (χ0) is 20.1. The number of hydrogen-bond donors (Lipinski definition) is 1. The lowest BCUT2D eigenvalue weighted by Gasteiger charge is -2.38. The fraction of sp³-hybridized carbons (Fsp3) is 0.227. The van der Waals surface area contributed by atoms with Gasteiger partial charge in [-0.25, -0.2) is 4.98 Å². The Balaban J connectivity index is 1.43. The summed E-state index contributed by atoms with van der Waals surface area (Å²) < 4.78 is 5.83. The van der Waals surface area contributed by atoms with Crippen molar-refractivity contribution in [1.29, 1.82) is 0 Å². The molecule has 2 aromatic carbocycles. The molecular weight excluding hydrogens is 366 g/mol. The number of amides is 1. The van der Waals surface area contributed by atoms with Crippen LogP contribution < -0.4 is 15.4 Å². The third-order valence-corrected chi connectivity index (χ3v) is 5.00. The molecule has 1 atom stereocenters. The van der Waals surface area contributed by atoms with Crippen molar-refractivity contribution in [3.8, 4) is 11.5 Å². The molecule has 3 aromatic rings. The van der Waals surface area contributed by atoms with Crippen LogP contribution in [0.5, 0.6) is 11.5 Å². The van der Waals surface area contributed by atoms with Crippen molar-refractivity contribution in [1.82, 2.24) is 14.9 Å². The second-order valence-electron chi connectivity index (χ2n) is 6.88. The van der Waals surface area contributed by atoms with E-state index in [-0.39, 0.29) is 5.91 Å². The Morgan fingerprint density at radius 1 is 0.931 bits per heavy atom. The van der Waals surface area contributed by atoms with Gasteiger partial charge in [-0.2, -0.15) is 0 Å². The largest absolute Gasteiger partial charge is 0.457 e. The van der Waals surface area contributed by atoms with E-state index in [1.807, 2.05) is 54.6 Å². The Bertz CT molecular complexity index is 926. The van der Waals surface area contributed by atoms with Gasteiger partial charge in [0, 0.05) is 38.6 Å². The highest BCUT2D eigenvalue weighted by atomic mass is 16.5. The van der Waals surface area contributed by atoms with Crippen molar-refractivity contribution in [3.05, 3.63) is 78.8 Å². The number of para-hydroxylation sites is 1. The van der Waals surface area contributed by atoms with Gasteiger partial charge in [0.05, 0.1) is 6.20 Å². The molecule has 0 bridgehead atoms. The molecule has 29 heavy (non-hydrogen) atoms. The van der Waals surface area contributed by atoms with Crippen LogP contribution in [0.1, 0.15) is 11.6 Å². The number of anilines is 1. The molecular formula is C22H23N5O2. The average molecular weight is 389 g/mol. The molecule has 7 nitrogen and oxygen atoms in total. The summed E-state index contributed by atoms with van der Waals surface area (Å²) in [5.74, 6) is 1.99. The number of piperazine rings is 1. The monoisotopic (exact) mass is 389 g/mol. The Labute approximate surface area is 169 Å². The summed E-state index contributed by atoms with van der Waals surface area (Å²) in [6.45, 7) is 2.95. The summed E-state index contributed by atoms with van der Waals surface area (Å²) in [4.78, 5) is 25.0. The molecule has 0 aliphatic carbocycles. The molecule has 1 aliphatic rings. The quantitative estimate of drug-likeness (QED) is 0.698. The van der Waals surface area contributed by atoms with E-state index >= 15 is 0 Å². The van der Waals surface area contributed by atoms with Crippen LogP contribution in [0.15, 0.2) is 73.2 Å². The van der Waals surface area contributed by atoms with E-state index in [1.165, 1.54) is 0 Å². The number of hydrogen-bond acceptors (Lipinski definition) is 6. The molecule has 1 aliphatic heterocycles.